The molecular weight excluding hydrogens is 156 g/mol. The molecule has 1 N–H and O–H groups in total. The summed E-state index contributed by atoms with van der Waals surface area (Å²) in [6.45, 7) is 0. The van der Waals surface area contributed by atoms with Gasteiger partial charge >= 0.3 is 0 Å². The third kappa shape index (κ3) is 1.74. The minimum Gasteiger partial charge on any atom is -0.410 e. The molecule has 1 aromatic rings. The van der Waals surface area contributed by atoms with Crippen LogP contribution in [0.1, 0.15) is 5.56 Å². The van der Waals surface area contributed by atoms with Crippen LogP contribution in [0.5, 0.6) is 0 Å². The molecule has 0 fully saturated rings. The molecule has 0 atom stereocenters. The molecule has 0 aromatic heterocycles. The third-order valence-corrected chi connectivity index (χ3v) is 1.27. The van der Waals surface area contributed by atoms with Crippen LogP contribution in [0.3, 0.4) is 0 Å². The van der Waals surface area contributed by atoms with Gasteiger partial charge in [-0.1, -0.05) is 35.5 Å². The van der Waals surface area contributed by atoms with Crippen LogP contribution in [0.25, 0.3) is 10.4 Å². The van der Waals surface area contributed by atoms with Gasteiger partial charge in [0.1, 0.15) is 0 Å². The van der Waals surface area contributed by atoms with E-state index in [0.717, 1.165) is 0 Å². The lowest BCUT2D eigenvalue weighted by Crippen LogP contribution is -1.94. The van der Waals surface area contributed by atoms with Crippen LogP contribution in [0.2, 0.25) is 0 Å². The molecule has 12 heavy (non-hydrogen) atoms. The van der Waals surface area contributed by atoms with Gasteiger partial charge in [0, 0.05) is 10.5 Å². The fourth-order valence-corrected chi connectivity index (χ4v) is 0.765. The molecule has 0 heterocycles. The number of azide groups is 1. The number of nitrogens with zero attached hydrogens (tertiary/aromatic N) is 4. The van der Waals surface area contributed by atoms with Crippen molar-refractivity contribution in [3.05, 3.63) is 46.3 Å². The van der Waals surface area contributed by atoms with Gasteiger partial charge in [0.25, 0.3) is 0 Å². The van der Waals surface area contributed by atoms with E-state index in [2.05, 4.69) is 15.2 Å². The Bertz CT molecular complexity index is 327. The fraction of sp³-hybridized carbons (Fsp3) is 0. The van der Waals surface area contributed by atoms with Crippen LogP contribution >= 0.6 is 0 Å². The molecule has 5 nitrogen and oxygen atoms in total. The lowest BCUT2D eigenvalue weighted by molar-refractivity contribution is 0.318. The first-order valence-electron chi connectivity index (χ1n) is 3.21. The molecule has 0 saturated carbocycles. The molecule has 0 unspecified atom stereocenters. The van der Waals surface area contributed by atoms with E-state index in [9.17, 15) is 0 Å². The second-order valence-corrected chi connectivity index (χ2v) is 1.98. The molecule has 0 aliphatic rings. The van der Waals surface area contributed by atoms with Crippen molar-refractivity contribution in [2.45, 2.75) is 0 Å². The van der Waals surface area contributed by atoms with E-state index in [1.165, 1.54) is 0 Å². The second-order valence-electron chi connectivity index (χ2n) is 1.98. The Balaban J connectivity index is 3.05. The van der Waals surface area contributed by atoms with E-state index in [1.54, 1.807) is 24.3 Å². The minimum atomic E-state index is -0.0295. The van der Waals surface area contributed by atoms with Crippen molar-refractivity contribution in [2.24, 2.45) is 10.3 Å². The Morgan fingerprint density at radius 1 is 1.33 bits per heavy atom. The topological polar surface area (TPSA) is 81.4 Å². The van der Waals surface area contributed by atoms with E-state index in [1.807, 2.05) is 6.07 Å². The van der Waals surface area contributed by atoms with E-state index in [-0.39, 0.29) is 5.84 Å². The lowest BCUT2D eigenvalue weighted by atomic mass is 10.2. The summed E-state index contributed by atoms with van der Waals surface area (Å²) in [5.74, 6) is -0.0295. The van der Waals surface area contributed by atoms with Crippen LogP contribution in [0, 0.1) is 0 Å². The van der Waals surface area contributed by atoms with Gasteiger partial charge in [-0.05, 0) is 10.6 Å². The van der Waals surface area contributed by atoms with Gasteiger partial charge in [0.15, 0.2) is 5.84 Å². The molecule has 0 aliphatic heterocycles. The standard InChI is InChI=1S/C7H6N4O/c8-11-9-7(10-12)6-4-2-1-3-5-6/h1-5,12H/b10-7+. The molecule has 5 heteroatoms. The maximum Gasteiger partial charge on any atom is 0.173 e. The fourth-order valence-electron chi connectivity index (χ4n) is 0.765. The van der Waals surface area contributed by atoms with Crippen LogP contribution in [-0.4, -0.2) is 11.0 Å². The average Bonchev–Trinajstić information content (AvgIpc) is 2.15. The van der Waals surface area contributed by atoms with Crippen molar-refractivity contribution in [1.82, 2.24) is 0 Å². The summed E-state index contributed by atoms with van der Waals surface area (Å²) < 4.78 is 0. The van der Waals surface area contributed by atoms with Gasteiger partial charge in [-0.3, -0.25) is 0 Å². The summed E-state index contributed by atoms with van der Waals surface area (Å²) in [5, 5.41) is 14.5. The summed E-state index contributed by atoms with van der Waals surface area (Å²) in [5.41, 5.74) is 8.68. The van der Waals surface area contributed by atoms with Crippen molar-refractivity contribution in [2.75, 3.05) is 0 Å². The number of hydrogen-bond acceptors (Lipinski definition) is 2. The Morgan fingerprint density at radius 2 is 2.00 bits per heavy atom. The first-order chi connectivity index (χ1) is 5.88. The van der Waals surface area contributed by atoms with Crippen molar-refractivity contribution >= 4 is 5.84 Å². The van der Waals surface area contributed by atoms with Crippen LogP contribution < -0.4 is 0 Å². The van der Waals surface area contributed by atoms with Crippen molar-refractivity contribution in [3.8, 4) is 0 Å². The number of rotatable bonds is 1. The van der Waals surface area contributed by atoms with Crippen LogP contribution in [-0.2, 0) is 0 Å². The first-order valence-corrected chi connectivity index (χ1v) is 3.21. The first kappa shape index (κ1) is 8.10. The molecule has 0 amide bonds. The van der Waals surface area contributed by atoms with Gasteiger partial charge < -0.3 is 5.21 Å². The zero-order chi connectivity index (χ0) is 8.81. The van der Waals surface area contributed by atoms with Gasteiger partial charge in [-0.2, -0.15) is 0 Å². The van der Waals surface area contributed by atoms with E-state index in [4.69, 9.17) is 10.7 Å². The predicted octanol–water partition coefficient (Wildman–Crippen LogP) is 2.13. The van der Waals surface area contributed by atoms with E-state index >= 15 is 0 Å². The largest absolute Gasteiger partial charge is 0.410 e. The molecule has 0 aliphatic carbocycles. The van der Waals surface area contributed by atoms with Crippen molar-refractivity contribution in [3.63, 3.8) is 0 Å². The maximum absolute atomic E-state index is 8.43. The summed E-state index contributed by atoms with van der Waals surface area (Å²) in [6.07, 6.45) is 0. The zero-order valence-corrected chi connectivity index (χ0v) is 6.12. The zero-order valence-electron chi connectivity index (χ0n) is 6.12. The summed E-state index contributed by atoms with van der Waals surface area (Å²) >= 11 is 0. The number of oxime groups is 1. The normalized spacial score (nSPS) is 10.5. The summed E-state index contributed by atoms with van der Waals surface area (Å²) in [4.78, 5) is 2.52. The predicted molar refractivity (Wildman–Crippen MR) is 43.9 cm³/mol. The quantitative estimate of drug-likeness (QED) is 0.128. The van der Waals surface area contributed by atoms with E-state index in [0.29, 0.717) is 5.56 Å². The number of amidine groups is 1. The number of benzene rings is 1. The van der Waals surface area contributed by atoms with Gasteiger partial charge in [0.2, 0.25) is 0 Å². The highest BCUT2D eigenvalue weighted by Crippen LogP contribution is 2.01. The second kappa shape index (κ2) is 4.00. The van der Waals surface area contributed by atoms with Gasteiger partial charge in [0.05, 0.1) is 0 Å². The Morgan fingerprint density at radius 3 is 2.50 bits per heavy atom. The van der Waals surface area contributed by atoms with Crippen LogP contribution in [0.15, 0.2) is 40.6 Å². The molecule has 0 radical (unpaired) electrons. The molecule has 60 valence electrons. The molecule has 0 bridgehead atoms. The van der Waals surface area contributed by atoms with Crippen molar-refractivity contribution in [1.29, 1.82) is 0 Å². The highest BCUT2D eigenvalue weighted by Gasteiger charge is 1.98. The Labute approximate surface area is 68.6 Å². The molecule has 1 rings (SSSR count). The maximum atomic E-state index is 8.43. The average molecular weight is 162 g/mol. The highest BCUT2D eigenvalue weighted by molar-refractivity contribution is 5.98. The van der Waals surface area contributed by atoms with E-state index < -0.39 is 0 Å². The van der Waals surface area contributed by atoms with Gasteiger partial charge in [-0.25, -0.2) is 0 Å². The SMILES string of the molecule is [N-]=[N+]=N/C(=N/O)c1ccccc1. The number of hydrogen-bond donors (Lipinski definition) is 1. The lowest BCUT2D eigenvalue weighted by Gasteiger charge is -1.94. The van der Waals surface area contributed by atoms with Gasteiger partial charge in [-0.15, -0.1) is 0 Å². The summed E-state index contributed by atoms with van der Waals surface area (Å²) in [7, 11) is 0. The van der Waals surface area contributed by atoms with Crippen LogP contribution in [0.4, 0.5) is 0 Å². The molecular formula is C7H6N4O. The monoisotopic (exact) mass is 162 g/mol. The highest BCUT2D eigenvalue weighted by atomic mass is 16.4. The molecule has 1 aromatic carbocycles. The molecule has 0 spiro atoms. The smallest absolute Gasteiger partial charge is 0.173 e. The minimum absolute atomic E-state index is 0.0295. The third-order valence-electron chi connectivity index (χ3n) is 1.27. The van der Waals surface area contributed by atoms with Crippen molar-refractivity contribution < 1.29 is 5.21 Å². The molecule has 0 saturated heterocycles. The Kier molecular flexibility index (Phi) is 2.70. The summed E-state index contributed by atoms with van der Waals surface area (Å²) in [6, 6.07) is 8.70. The Hall–Kier alpha value is -2.00.